The average molecular weight is 558 g/mol. The molecule has 3 rings (SSSR count). The van der Waals surface area contributed by atoms with Gasteiger partial charge in [-0.15, -0.1) is 0 Å². The Morgan fingerprint density at radius 1 is 0.720 bits per heavy atom. The molecule has 0 radical (unpaired) electrons. The van der Waals surface area contributed by atoms with Gasteiger partial charge in [-0.05, 0) is 58.1 Å². The third-order valence-corrected chi connectivity index (χ3v) is 7.07. The van der Waals surface area contributed by atoms with Crippen molar-refractivity contribution in [2.45, 2.75) is 54.8 Å². The van der Waals surface area contributed by atoms with Gasteiger partial charge in [0.1, 0.15) is 0 Å². The highest BCUT2D eigenvalue weighted by Gasteiger charge is 2.43. The minimum Gasteiger partial charge on any atom is -0.0812 e. The second kappa shape index (κ2) is 7.87. The van der Waals surface area contributed by atoms with Gasteiger partial charge in [-0.25, -0.2) is 0 Å². The highest BCUT2D eigenvalue weighted by Crippen LogP contribution is 2.55. The van der Waals surface area contributed by atoms with E-state index in [-0.39, 0.29) is 5.41 Å². The van der Waals surface area contributed by atoms with E-state index in [1.54, 1.807) is 11.1 Å². The van der Waals surface area contributed by atoms with Crippen LogP contribution >= 0.6 is 45.2 Å². The van der Waals surface area contributed by atoms with Gasteiger partial charge < -0.3 is 0 Å². The van der Waals surface area contributed by atoms with Crippen molar-refractivity contribution in [3.63, 3.8) is 0 Å². The molecule has 134 valence electrons. The quantitative estimate of drug-likeness (QED) is 0.250. The molecule has 25 heavy (non-hydrogen) atoms. The lowest BCUT2D eigenvalue weighted by Crippen LogP contribution is -2.29. The summed E-state index contributed by atoms with van der Waals surface area (Å²) in [4.78, 5) is 0. The molecule has 0 unspecified atom stereocenters. The van der Waals surface area contributed by atoms with Gasteiger partial charge in [0.25, 0.3) is 0 Å². The maximum absolute atomic E-state index is 2.51. The van der Waals surface area contributed by atoms with E-state index in [2.05, 4.69) is 109 Å². The molecule has 0 saturated carbocycles. The largest absolute Gasteiger partial charge is 0.0812 e. The van der Waals surface area contributed by atoms with Crippen LogP contribution in [0.4, 0.5) is 0 Å². The van der Waals surface area contributed by atoms with Crippen LogP contribution in [-0.2, 0) is 14.3 Å². The Labute approximate surface area is 180 Å². The molecule has 0 bridgehead atoms. The number of hydrogen-bond donors (Lipinski definition) is 0. The number of fused-ring (bicyclic) bond motifs is 3. The zero-order valence-electron chi connectivity index (χ0n) is 15.7. The highest BCUT2D eigenvalue weighted by molar-refractivity contribution is 14.1. The molecule has 2 heteroatoms. The lowest BCUT2D eigenvalue weighted by molar-refractivity contribution is 0.337. The lowest BCUT2D eigenvalue weighted by atomic mass is 9.67. The van der Waals surface area contributed by atoms with Gasteiger partial charge in [-0.1, -0.05) is 109 Å². The zero-order chi connectivity index (χ0) is 18.2. The van der Waals surface area contributed by atoms with E-state index < -0.39 is 0 Å². The van der Waals surface area contributed by atoms with Gasteiger partial charge in [0, 0.05) is 14.3 Å². The van der Waals surface area contributed by atoms with Crippen LogP contribution in [0.1, 0.15) is 62.8 Å². The van der Waals surface area contributed by atoms with Crippen LogP contribution < -0.4 is 0 Å². The second-order valence-corrected chi connectivity index (χ2v) is 9.83. The summed E-state index contributed by atoms with van der Waals surface area (Å²) < 4.78 is 2.17. The number of alkyl halides is 2. The zero-order valence-corrected chi connectivity index (χ0v) is 20.0. The van der Waals surface area contributed by atoms with Gasteiger partial charge >= 0.3 is 0 Å². The van der Waals surface area contributed by atoms with Gasteiger partial charge in [0.05, 0.1) is 0 Å². The van der Waals surface area contributed by atoms with E-state index in [1.807, 2.05) is 0 Å². The maximum atomic E-state index is 2.51. The van der Waals surface area contributed by atoms with Crippen molar-refractivity contribution >= 4 is 45.2 Å². The second-order valence-electron chi connectivity index (χ2n) is 8.31. The summed E-state index contributed by atoms with van der Waals surface area (Å²) in [5.41, 5.74) is 9.22. The third kappa shape index (κ3) is 3.67. The molecule has 0 heterocycles. The summed E-state index contributed by atoms with van der Waals surface area (Å²) >= 11 is 4.98. The van der Waals surface area contributed by atoms with Crippen molar-refractivity contribution in [1.29, 1.82) is 0 Å². The molecule has 1 aliphatic carbocycles. The van der Waals surface area contributed by atoms with Crippen molar-refractivity contribution in [3.05, 3.63) is 58.7 Å². The minimum atomic E-state index is 0.177. The van der Waals surface area contributed by atoms with E-state index in [4.69, 9.17) is 0 Å². The van der Waals surface area contributed by atoms with E-state index in [1.165, 1.54) is 35.1 Å². The maximum Gasteiger partial charge on any atom is 0.0247 e. The fraction of sp³-hybridized carbons (Fsp3) is 0.478. The van der Waals surface area contributed by atoms with Crippen LogP contribution in [0.3, 0.4) is 0 Å². The smallest absolute Gasteiger partial charge is 0.0247 e. The van der Waals surface area contributed by atoms with Gasteiger partial charge in [0.15, 0.2) is 0 Å². The normalized spacial score (nSPS) is 14.9. The summed E-state index contributed by atoms with van der Waals surface area (Å²) in [6, 6.07) is 14.4. The van der Waals surface area contributed by atoms with E-state index in [0.29, 0.717) is 11.8 Å². The van der Waals surface area contributed by atoms with Crippen LogP contribution in [0.15, 0.2) is 36.4 Å². The summed E-state index contributed by atoms with van der Waals surface area (Å²) in [7, 11) is 0. The Balaban J connectivity index is 2.30. The molecule has 0 saturated heterocycles. The predicted molar refractivity (Wildman–Crippen MR) is 127 cm³/mol. The molecule has 0 aliphatic heterocycles. The van der Waals surface area contributed by atoms with Gasteiger partial charge in [-0.2, -0.15) is 0 Å². The van der Waals surface area contributed by atoms with E-state index in [0.717, 1.165) is 8.86 Å². The molecule has 0 N–H and O–H groups in total. The average Bonchev–Trinajstić information content (AvgIpc) is 2.82. The molecule has 0 amide bonds. The number of hydrogen-bond acceptors (Lipinski definition) is 0. The Hall–Kier alpha value is -0.100. The van der Waals surface area contributed by atoms with Gasteiger partial charge in [-0.3, -0.25) is 0 Å². The predicted octanol–water partition coefficient (Wildman–Crippen LogP) is 7.92. The summed E-state index contributed by atoms with van der Waals surface area (Å²) in [6.45, 7) is 9.52. The number of halogens is 2. The Kier molecular flexibility index (Phi) is 6.19. The lowest BCUT2D eigenvalue weighted by Gasteiger charge is -2.36. The van der Waals surface area contributed by atoms with Crippen LogP contribution in [-0.4, -0.2) is 0 Å². The van der Waals surface area contributed by atoms with Crippen LogP contribution in [0.2, 0.25) is 0 Å². The monoisotopic (exact) mass is 558 g/mol. The molecule has 0 atom stereocenters. The first-order valence-electron chi connectivity index (χ1n) is 9.30. The van der Waals surface area contributed by atoms with Crippen molar-refractivity contribution < 1.29 is 0 Å². The van der Waals surface area contributed by atoms with Crippen LogP contribution in [0.25, 0.3) is 11.1 Å². The Morgan fingerprint density at radius 3 is 1.44 bits per heavy atom. The highest BCUT2D eigenvalue weighted by atomic mass is 127. The topological polar surface area (TPSA) is 0 Å². The first-order chi connectivity index (χ1) is 11.9. The standard InChI is InChI=1S/C23H28I2/c1-15(2)11-23(12-16(3)4)21-9-17(13-24)5-7-19(21)20-8-6-18(14-25)10-22(20)23/h5-10,15-16H,11-14H2,1-4H3. The fourth-order valence-electron chi connectivity index (χ4n) is 4.67. The minimum absolute atomic E-state index is 0.177. The van der Waals surface area contributed by atoms with Crippen LogP contribution in [0, 0.1) is 11.8 Å². The molecule has 1 aliphatic rings. The summed E-state index contributed by atoms with van der Waals surface area (Å²) in [6.07, 6.45) is 2.47. The number of rotatable bonds is 6. The van der Waals surface area contributed by atoms with E-state index in [9.17, 15) is 0 Å². The van der Waals surface area contributed by atoms with E-state index >= 15 is 0 Å². The van der Waals surface area contributed by atoms with Gasteiger partial charge in [0.2, 0.25) is 0 Å². The summed E-state index contributed by atoms with van der Waals surface area (Å²) in [5, 5.41) is 0. The van der Waals surface area contributed by atoms with Crippen molar-refractivity contribution in [1.82, 2.24) is 0 Å². The van der Waals surface area contributed by atoms with Crippen LogP contribution in [0.5, 0.6) is 0 Å². The molecular formula is C23H28I2. The molecule has 0 nitrogen and oxygen atoms in total. The van der Waals surface area contributed by atoms with Crippen molar-refractivity contribution in [3.8, 4) is 11.1 Å². The van der Waals surface area contributed by atoms with Crippen molar-refractivity contribution in [2.24, 2.45) is 11.8 Å². The Morgan fingerprint density at radius 2 is 1.12 bits per heavy atom. The van der Waals surface area contributed by atoms with Crippen molar-refractivity contribution in [2.75, 3.05) is 0 Å². The number of benzene rings is 2. The molecular weight excluding hydrogens is 530 g/mol. The Bertz CT molecular complexity index is 693. The third-order valence-electron chi connectivity index (χ3n) is 5.31. The molecule has 0 aromatic heterocycles. The molecule has 2 aromatic carbocycles. The summed E-state index contributed by atoms with van der Waals surface area (Å²) in [5.74, 6) is 1.37. The molecule has 0 fully saturated rings. The first kappa shape index (κ1) is 19.7. The first-order valence-corrected chi connectivity index (χ1v) is 12.4. The SMILES string of the molecule is CC(C)CC1(CC(C)C)c2cc(CI)ccc2-c2ccc(CI)cc21. The fourth-order valence-corrected chi connectivity index (χ4v) is 5.62. The molecule has 0 spiro atoms. The molecule has 2 aromatic rings.